The van der Waals surface area contributed by atoms with Gasteiger partial charge in [0.15, 0.2) is 5.82 Å². The molecule has 1 aromatic carbocycles. The van der Waals surface area contributed by atoms with Gasteiger partial charge in [0.2, 0.25) is 5.91 Å². The highest BCUT2D eigenvalue weighted by molar-refractivity contribution is 5.97. The molecule has 6 rings (SSSR count). The lowest BCUT2D eigenvalue weighted by atomic mass is 9.96. The van der Waals surface area contributed by atoms with Crippen molar-refractivity contribution >= 4 is 34.5 Å². The van der Waals surface area contributed by atoms with Crippen LogP contribution >= 0.6 is 0 Å². The van der Waals surface area contributed by atoms with Gasteiger partial charge in [0.25, 0.3) is 0 Å². The number of aromatic nitrogens is 2. The van der Waals surface area contributed by atoms with Crippen LogP contribution in [0.25, 0.3) is 21.9 Å². The standard InChI is InChI=1S/C28H31N5O2/c29-24-15-23(22-4-1-3-20-16-30-11-10-21(20)22)27(19-8-9-19)31-28(24)32-12-13-33(26(35)5-2-14-34)25(17-32)18-6-7-18/h1,3-4,10-11,14-16,18-19,25H,2,5-9,12-13,17,29H2/t25-/m0/s1. The molecule has 1 atom stereocenters. The van der Waals surface area contributed by atoms with Crippen molar-refractivity contribution < 1.29 is 9.59 Å². The molecular weight excluding hydrogens is 438 g/mol. The van der Waals surface area contributed by atoms with Gasteiger partial charge in [-0.2, -0.15) is 0 Å². The maximum absolute atomic E-state index is 12.8. The summed E-state index contributed by atoms with van der Waals surface area (Å²) in [4.78, 5) is 37.3. The molecule has 0 unspecified atom stereocenters. The van der Waals surface area contributed by atoms with Gasteiger partial charge in [-0.15, -0.1) is 0 Å². The molecular formula is C28H31N5O2. The normalized spacial score (nSPS) is 20.3. The van der Waals surface area contributed by atoms with Crippen LogP contribution in [-0.4, -0.2) is 52.7 Å². The van der Waals surface area contributed by atoms with Crippen molar-refractivity contribution in [2.75, 3.05) is 30.3 Å². The minimum absolute atomic E-state index is 0.0917. The maximum Gasteiger partial charge on any atom is 0.223 e. The predicted octanol–water partition coefficient (Wildman–Crippen LogP) is 4.16. The predicted molar refractivity (Wildman–Crippen MR) is 137 cm³/mol. The highest BCUT2D eigenvalue weighted by Crippen LogP contribution is 2.47. The van der Waals surface area contributed by atoms with Crippen LogP contribution in [0.3, 0.4) is 0 Å². The van der Waals surface area contributed by atoms with E-state index in [2.05, 4.69) is 40.2 Å². The Hall–Kier alpha value is -3.48. The van der Waals surface area contributed by atoms with Crippen LogP contribution in [0.4, 0.5) is 11.5 Å². The van der Waals surface area contributed by atoms with Gasteiger partial charge in [-0.3, -0.25) is 9.78 Å². The van der Waals surface area contributed by atoms with E-state index in [1.165, 1.54) is 0 Å². The van der Waals surface area contributed by atoms with Gasteiger partial charge in [0.05, 0.1) is 17.4 Å². The first-order valence-electron chi connectivity index (χ1n) is 12.8. The van der Waals surface area contributed by atoms with Gasteiger partial charge in [-0.1, -0.05) is 18.2 Å². The fourth-order valence-corrected chi connectivity index (χ4v) is 5.55. The first kappa shape index (κ1) is 22.0. The molecule has 0 bridgehead atoms. The number of nitrogens with two attached hydrogens (primary N) is 1. The molecule has 2 aromatic heterocycles. The number of carbonyl (C=O) groups is 2. The minimum atomic E-state index is 0.0917. The maximum atomic E-state index is 12.8. The van der Waals surface area contributed by atoms with Crippen LogP contribution in [-0.2, 0) is 9.59 Å². The van der Waals surface area contributed by atoms with Gasteiger partial charge in [0.1, 0.15) is 6.29 Å². The fraction of sp³-hybridized carbons (Fsp3) is 0.429. The van der Waals surface area contributed by atoms with Gasteiger partial charge < -0.3 is 20.3 Å². The van der Waals surface area contributed by atoms with E-state index < -0.39 is 0 Å². The number of amides is 1. The zero-order chi connectivity index (χ0) is 23.9. The van der Waals surface area contributed by atoms with E-state index in [0.29, 0.717) is 43.5 Å². The Morgan fingerprint density at radius 1 is 1.11 bits per heavy atom. The third kappa shape index (κ3) is 4.24. The van der Waals surface area contributed by atoms with Gasteiger partial charge in [-0.05, 0) is 54.7 Å². The average molecular weight is 470 g/mol. The number of fused-ring (bicyclic) bond motifs is 1. The van der Waals surface area contributed by atoms with E-state index in [9.17, 15) is 9.59 Å². The summed E-state index contributed by atoms with van der Waals surface area (Å²) >= 11 is 0. The van der Waals surface area contributed by atoms with Crippen molar-refractivity contribution in [3.05, 3.63) is 48.4 Å². The lowest BCUT2D eigenvalue weighted by Crippen LogP contribution is -2.56. The molecule has 2 N–H and O–H groups in total. The smallest absolute Gasteiger partial charge is 0.223 e. The topological polar surface area (TPSA) is 92.4 Å². The minimum Gasteiger partial charge on any atom is -0.396 e. The number of hydrogen-bond acceptors (Lipinski definition) is 6. The summed E-state index contributed by atoms with van der Waals surface area (Å²) in [6.45, 7) is 2.10. The fourth-order valence-electron chi connectivity index (χ4n) is 5.55. The Bertz CT molecular complexity index is 1280. The number of hydrogen-bond donors (Lipinski definition) is 1. The highest BCUT2D eigenvalue weighted by Gasteiger charge is 2.41. The number of rotatable bonds is 7. The lowest BCUT2D eigenvalue weighted by Gasteiger charge is -2.42. The van der Waals surface area contributed by atoms with Gasteiger partial charge in [0, 0.05) is 61.7 Å². The molecule has 0 spiro atoms. The van der Waals surface area contributed by atoms with Crippen LogP contribution in [0.1, 0.15) is 50.1 Å². The summed E-state index contributed by atoms with van der Waals surface area (Å²) in [6, 6.07) is 10.6. The summed E-state index contributed by atoms with van der Waals surface area (Å²) < 4.78 is 0. The largest absolute Gasteiger partial charge is 0.396 e. The van der Waals surface area contributed by atoms with Gasteiger partial charge in [-0.25, -0.2) is 4.98 Å². The average Bonchev–Trinajstić information content (AvgIpc) is 3.80. The number of anilines is 2. The van der Waals surface area contributed by atoms with Crippen LogP contribution in [0.15, 0.2) is 42.7 Å². The van der Waals surface area contributed by atoms with Crippen molar-refractivity contribution in [3.63, 3.8) is 0 Å². The Labute approximate surface area is 205 Å². The first-order chi connectivity index (χ1) is 17.1. The number of nitrogens with zero attached hydrogens (tertiary/aromatic N) is 4. The SMILES string of the molecule is Nc1cc(-c2cccc3cnccc23)c(C2CC2)nc1N1CCN(C(=O)CCC=O)[C@H](C2CC2)C1. The molecule has 3 heterocycles. The summed E-state index contributed by atoms with van der Waals surface area (Å²) in [5, 5.41) is 2.27. The van der Waals surface area contributed by atoms with E-state index in [0.717, 1.165) is 71.9 Å². The third-order valence-electron chi connectivity index (χ3n) is 7.68. The zero-order valence-electron chi connectivity index (χ0n) is 19.9. The third-order valence-corrected chi connectivity index (χ3v) is 7.68. The van der Waals surface area contributed by atoms with Gasteiger partial charge >= 0.3 is 0 Å². The highest BCUT2D eigenvalue weighted by atomic mass is 16.2. The van der Waals surface area contributed by atoms with Crippen LogP contribution in [0.5, 0.6) is 0 Å². The Morgan fingerprint density at radius 3 is 2.74 bits per heavy atom. The Kier molecular flexibility index (Phi) is 5.63. The van der Waals surface area contributed by atoms with E-state index in [4.69, 9.17) is 10.7 Å². The molecule has 35 heavy (non-hydrogen) atoms. The van der Waals surface area contributed by atoms with Crippen molar-refractivity contribution in [3.8, 4) is 11.1 Å². The van der Waals surface area contributed by atoms with E-state index in [1.54, 1.807) is 0 Å². The summed E-state index contributed by atoms with van der Waals surface area (Å²) in [5.41, 5.74) is 10.8. The van der Waals surface area contributed by atoms with Crippen molar-refractivity contribution in [1.82, 2.24) is 14.9 Å². The van der Waals surface area contributed by atoms with Crippen LogP contribution in [0.2, 0.25) is 0 Å². The molecule has 3 aliphatic rings. The van der Waals surface area contributed by atoms with Crippen molar-refractivity contribution in [1.29, 1.82) is 0 Å². The molecule has 180 valence electrons. The Balaban J connectivity index is 1.34. The number of benzene rings is 1. The molecule has 1 aliphatic heterocycles. The number of aldehydes is 1. The molecule has 2 aliphatic carbocycles. The molecule has 3 aromatic rings. The Morgan fingerprint density at radius 2 is 1.97 bits per heavy atom. The van der Waals surface area contributed by atoms with Crippen molar-refractivity contribution in [2.45, 2.75) is 50.5 Å². The second-order valence-corrected chi connectivity index (χ2v) is 10.2. The number of carbonyl (C=O) groups excluding carboxylic acids is 2. The second kappa shape index (κ2) is 8.95. The number of piperazine rings is 1. The van der Waals surface area contributed by atoms with E-state index in [1.807, 2.05) is 17.3 Å². The summed E-state index contributed by atoms with van der Waals surface area (Å²) in [5.74, 6) is 1.94. The van der Waals surface area contributed by atoms with E-state index in [-0.39, 0.29) is 11.9 Å². The molecule has 3 fully saturated rings. The molecule has 2 saturated carbocycles. The zero-order valence-corrected chi connectivity index (χ0v) is 19.9. The number of pyridine rings is 2. The quantitative estimate of drug-likeness (QED) is 0.522. The summed E-state index contributed by atoms with van der Waals surface area (Å²) in [7, 11) is 0. The van der Waals surface area contributed by atoms with E-state index >= 15 is 0 Å². The molecule has 7 heteroatoms. The molecule has 1 saturated heterocycles. The molecule has 7 nitrogen and oxygen atoms in total. The molecule has 1 amide bonds. The lowest BCUT2D eigenvalue weighted by molar-refractivity contribution is -0.135. The van der Waals surface area contributed by atoms with Crippen molar-refractivity contribution in [2.24, 2.45) is 5.92 Å². The molecule has 0 radical (unpaired) electrons. The monoisotopic (exact) mass is 469 g/mol. The van der Waals surface area contributed by atoms with Crippen LogP contribution < -0.4 is 10.6 Å². The number of nitrogen functional groups attached to an aromatic ring is 1. The first-order valence-corrected chi connectivity index (χ1v) is 12.8. The second-order valence-electron chi connectivity index (χ2n) is 10.2. The van der Waals surface area contributed by atoms with Crippen LogP contribution in [0, 0.1) is 5.92 Å². The summed E-state index contributed by atoms with van der Waals surface area (Å²) in [6.07, 6.45) is 9.77.